The number of carbonyl (C=O) groups excluding carboxylic acids is 1. The normalized spacial score (nSPS) is 14.3. The zero-order chi connectivity index (χ0) is 16.6. The minimum absolute atomic E-state index is 0.132. The lowest BCUT2D eigenvalue weighted by Gasteiger charge is -2.06. The quantitative estimate of drug-likeness (QED) is 0.794. The standard InChI is InChI=1S/C13H8F2N2O5S/c14-13(15)21-8-2-1-6(5-9(8)22-13)16-11(18)10-7(3-4-23-10)17-12(19)20/h1-5,17H,(H,16,18)(H,19,20). The Morgan fingerprint density at radius 3 is 2.61 bits per heavy atom. The molecule has 0 saturated carbocycles. The summed E-state index contributed by atoms with van der Waals surface area (Å²) < 4.78 is 34.4. The summed E-state index contributed by atoms with van der Waals surface area (Å²) in [6.45, 7) is 0. The Morgan fingerprint density at radius 1 is 1.13 bits per heavy atom. The van der Waals surface area contributed by atoms with Gasteiger partial charge < -0.3 is 19.9 Å². The molecule has 0 aliphatic carbocycles. The number of thiophene rings is 1. The first-order valence-electron chi connectivity index (χ1n) is 6.13. The van der Waals surface area contributed by atoms with Crippen molar-refractivity contribution in [3.8, 4) is 11.5 Å². The molecule has 1 aliphatic rings. The van der Waals surface area contributed by atoms with Gasteiger partial charge in [0.2, 0.25) is 0 Å². The maximum Gasteiger partial charge on any atom is 0.586 e. The highest BCUT2D eigenvalue weighted by atomic mass is 32.1. The number of benzene rings is 1. The van der Waals surface area contributed by atoms with Gasteiger partial charge >= 0.3 is 12.4 Å². The van der Waals surface area contributed by atoms with Crippen molar-refractivity contribution in [1.82, 2.24) is 0 Å². The molecule has 1 aliphatic heterocycles. The van der Waals surface area contributed by atoms with E-state index in [4.69, 9.17) is 5.11 Å². The molecule has 0 bridgehead atoms. The molecule has 2 amide bonds. The van der Waals surface area contributed by atoms with Crippen molar-refractivity contribution >= 4 is 34.7 Å². The molecule has 3 rings (SSSR count). The Labute approximate surface area is 131 Å². The number of halogens is 2. The maximum absolute atomic E-state index is 12.9. The zero-order valence-corrected chi connectivity index (χ0v) is 11.9. The van der Waals surface area contributed by atoms with Crippen molar-refractivity contribution in [2.75, 3.05) is 10.6 Å². The van der Waals surface area contributed by atoms with E-state index in [1.165, 1.54) is 24.3 Å². The van der Waals surface area contributed by atoms with Gasteiger partial charge in [-0.25, -0.2) is 4.79 Å². The third-order valence-corrected chi connectivity index (χ3v) is 3.69. The lowest BCUT2D eigenvalue weighted by Crippen LogP contribution is -2.25. The number of carboxylic acid groups (broad SMARTS) is 1. The van der Waals surface area contributed by atoms with Crippen LogP contribution in [0, 0.1) is 0 Å². The lowest BCUT2D eigenvalue weighted by atomic mass is 10.2. The van der Waals surface area contributed by atoms with Crippen LogP contribution in [0.4, 0.5) is 25.0 Å². The van der Waals surface area contributed by atoms with Gasteiger partial charge in [-0.2, -0.15) is 0 Å². The van der Waals surface area contributed by atoms with Crippen molar-refractivity contribution in [2.45, 2.75) is 6.29 Å². The van der Waals surface area contributed by atoms with Gasteiger partial charge in [0.05, 0.1) is 5.69 Å². The first kappa shape index (κ1) is 15.0. The van der Waals surface area contributed by atoms with Gasteiger partial charge in [0.1, 0.15) is 4.88 Å². The minimum Gasteiger partial charge on any atom is -0.465 e. The summed E-state index contributed by atoms with van der Waals surface area (Å²) in [5, 5.41) is 14.8. The summed E-state index contributed by atoms with van der Waals surface area (Å²) in [7, 11) is 0. The Morgan fingerprint density at radius 2 is 1.87 bits per heavy atom. The molecule has 0 atom stereocenters. The summed E-state index contributed by atoms with van der Waals surface area (Å²) >= 11 is 1.03. The van der Waals surface area contributed by atoms with E-state index in [9.17, 15) is 18.4 Å². The Balaban J connectivity index is 1.77. The van der Waals surface area contributed by atoms with E-state index in [1.807, 2.05) is 0 Å². The second kappa shape index (κ2) is 5.39. The summed E-state index contributed by atoms with van der Waals surface area (Å²) in [5.74, 6) is -0.936. The highest BCUT2D eigenvalue weighted by molar-refractivity contribution is 7.12. The second-order valence-electron chi connectivity index (χ2n) is 4.38. The largest absolute Gasteiger partial charge is 0.586 e. The van der Waals surface area contributed by atoms with Gasteiger partial charge in [-0.05, 0) is 23.6 Å². The van der Waals surface area contributed by atoms with Crippen molar-refractivity contribution in [2.24, 2.45) is 0 Å². The maximum atomic E-state index is 12.9. The van der Waals surface area contributed by atoms with Gasteiger partial charge in [-0.1, -0.05) is 0 Å². The number of amides is 2. The third kappa shape index (κ3) is 3.16. The van der Waals surface area contributed by atoms with E-state index in [1.54, 1.807) is 5.38 Å². The summed E-state index contributed by atoms with van der Waals surface area (Å²) in [5.41, 5.74) is 0.331. The van der Waals surface area contributed by atoms with E-state index < -0.39 is 18.3 Å². The smallest absolute Gasteiger partial charge is 0.465 e. The molecular formula is C13H8F2N2O5S. The number of rotatable bonds is 3. The molecule has 2 heterocycles. The number of nitrogens with one attached hydrogen (secondary N) is 2. The van der Waals surface area contributed by atoms with Crippen LogP contribution < -0.4 is 20.1 Å². The van der Waals surface area contributed by atoms with Crippen LogP contribution in [-0.4, -0.2) is 23.4 Å². The summed E-state index contributed by atoms with van der Waals surface area (Å²) in [6.07, 6.45) is -5.04. The average Bonchev–Trinajstić information content (AvgIpc) is 2.99. The molecular weight excluding hydrogens is 334 g/mol. The molecule has 0 spiro atoms. The van der Waals surface area contributed by atoms with Crippen molar-refractivity contribution in [3.05, 3.63) is 34.5 Å². The zero-order valence-electron chi connectivity index (χ0n) is 11.1. The van der Waals surface area contributed by atoms with Crippen LogP contribution in [0.1, 0.15) is 9.67 Å². The fraction of sp³-hybridized carbons (Fsp3) is 0.0769. The lowest BCUT2D eigenvalue weighted by molar-refractivity contribution is -0.286. The van der Waals surface area contributed by atoms with E-state index in [0.29, 0.717) is 0 Å². The van der Waals surface area contributed by atoms with E-state index in [2.05, 4.69) is 20.1 Å². The SMILES string of the molecule is O=C(O)Nc1ccsc1C(=O)Nc1ccc2c(c1)OC(F)(F)O2. The molecule has 0 fully saturated rings. The highest BCUT2D eigenvalue weighted by Gasteiger charge is 2.43. The number of hydrogen-bond donors (Lipinski definition) is 3. The van der Waals surface area contributed by atoms with Crippen LogP contribution in [-0.2, 0) is 0 Å². The molecule has 0 radical (unpaired) electrons. The number of carbonyl (C=O) groups is 2. The molecule has 0 unspecified atom stereocenters. The van der Waals surface area contributed by atoms with Crippen LogP contribution in [0.25, 0.3) is 0 Å². The third-order valence-electron chi connectivity index (χ3n) is 2.77. The van der Waals surface area contributed by atoms with Gasteiger partial charge in [0.25, 0.3) is 5.91 Å². The molecule has 10 heteroatoms. The monoisotopic (exact) mass is 342 g/mol. The molecule has 0 saturated heterocycles. The highest BCUT2D eigenvalue weighted by Crippen LogP contribution is 2.42. The molecule has 23 heavy (non-hydrogen) atoms. The van der Waals surface area contributed by atoms with E-state index in [0.717, 1.165) is 11.3 Å². The number of alkyl halides is 2. The second-order valence-corrected chi connectivity index (χ2v) is 5.29. The Bertz CT molecular complexity index is 792. The van der Waals surface area contributed by atoms with Crippen LogP contribution >= 0.6 is 11.3 Å². The van der Waals surface area contributed by atoms with Gasteiger partial charge in [0.15, 0.2) is 11.5 Å². The molecule has 1 aromatic carbocycles. The molecule has 7 nitrogen and oxygen atoms in total. The number of ether oxygens (including phenoxy) is 2. The van der Waals surface area contributed by atoms with E-state index in [-0.39, 0.29) is 27.8 Å². The fourth-order valence-corrected chi connectivity index (χ4v) is 2.66. The average molecular weight is 342 g/mol. The van der Waals surface area contributed by atoms with Crippen molar-refractivity contribution < 1.29 is 33.0 Å². The first-order chi connectivity index (χ1) is 10.8. The molecule has 2 aromatic rings. The van der Waals surface area contributed by atoms with Crippen LogP contribution in [0.2, 0.25) is 0 Å². The van der Waals surface area contributed by atoms with E-state index >= 15 is 0 Å². The van der Waals surface area contributed by atoms with Gasteiger partial charge in [0, 0.05) is 11.8 Å². The van der Waals surface area contributed by atoms with Gasteiger partial charge in [-0.3, -0.25) is 10.1 Å². The van der Waals surface area contributed by atoms with Crippen LogP contribution in [0.15, 0.2) is 29.6 Å². The van der Waals surface area contributed by atoms with Gasteiger partial charge in [-0.15, -0.1) is 20.1 Å². The van der Waals surface area contributed by atoms with Crippen molar-refractivity contribution in [1.29, 1.82) is 0 Å². The minimum atomic E-state index is -3.74. The first-order valence-corrected chi connectivity index (χ1v) is 7.01. The molecule has 120 valence electrons. The fourth-order valence-electron chi connectivity index (χ4n) is 1.91. The number of fused-ring (bicyclic) bond motifs is 1. The molecule has 3 N–H and O–H groups in total. The number of hydrogen-bond acceptors (Lipinski definition) is 5. The predicted molar refractivity (Wildman–Crippen MR) is 76.6 cm³/mol. The summed E-state index contributed by atoms with van der Waals surface area (Å²) in [6, 6.07) is 5.22. The predicted octanol–water partition coefficient (Wildman–Crippen LogP) is 3.41. The number of anilines is 2. The van der Waals surface area contributed by atoms with Crippen molar-refractivity contribution in [3.63, 3.8) is 0 Å². The van der Waals surface area contributed by atoms with Crippen LogP contribution in [0.5, 0.6) is 11.5 Å². The summed E-state index contributed by atoms with van der Waals surface area (Å²) in [4.78, 5) is 22.9. The molecule has 1 aromatic heterocycles. The van der Waals surface area contributed by atoms with Crippen LogP contribution in [0.3, 0.4) is 0 Å². The Kier molecular flexibility index (Phi) is 3.52. The Hall–Kier alpha value is -2.88. The topological polar surface area (TPSA) is 96.9 Å².